The molecule has 1 heteroatoms. The smallest absolute Gasteiger partial charge is 0.0270 e. The summed E-state index contributed by atoms with van der Waals surface area (Å²) in [6.07, 6.45) is 5.63. The second-order valence-electron chi connectivity index (χ2n) is 3.14. The Balaban J connectivity index is 2.50. The molecule has 68 valence electrons. The highest BCUT2D eigenvalue weighted by atomic mass is 14.6. The van der Waals surface area contributed by atoms with E-state index in [1.807, 2.05) is 24.5 Å². The molecular weight excluding hydrogens is 158 g/mol. The lowest BCUT2D eigenvalue weighted by atomic mass is 10.0. The summed E-state index contributed by atoms with van der Waals surface area (Å²) in [6.45, 7) is 4.23. The Morgan fingerprint density at radius 1 is 1.38 bits per heavy atom. The molecule has 1 aromatic rings. The van der Waals surface area contributed by atoms with Crippen molar-refractivity contribution in [2.45, 2.75) is 26.7 Å². The molecule has 0 N–H and O–H groups in total. The number of aromatic nitrogens is 1. The predicted octanol–water partition coefficient (Wildman–Crippen LogP) is 2.67. The van der Waals surface area contributed by atoms with Crippen molar-refractivity contribution in [2.75, 3.05) is 0 Å². The fourth-order valence-electron chi connectivity index (χ4n) is 1.20. The third-order valence-corrected chi connectivity index (χ3v) is 1.82. The number of pyridine rings is 1. The maximum atomic E-state index is 3.98. The van der Waals surface area contributed by atoms with E-state index in [1.54, 1.807) is 0 Å². The molecule has 1 rings (SSSR count). The molecule has 0 saturated heterocycles. The topological polar surface area (TPSA) is 12.9 Å². The van der Waals surface area contributed by atoms with Crippen LogP contribution in [0, 0.1) is 17.8 Å². The van der Waals surface area contributed by atoms with Crippen LogP contribution in [0.1, 0.15) is 25.8 Å². The summed E-state index contributed by atoms with van der Waals surface area (Å²) in [4.78, 5) is 3.98. The van der Waals surface area contributed by atoms with Gasteiger partial charge in [0.2, 0.25) is 0 Å². The first kappa shape index (κ1) is 9.80. The van der Waals surface area contributed by atoms with Crippen LogP contribution in [0.5, 0.6) is 0 Å². The van der Waals surface area contributed by atoms with E-state index in [0.717, 1.165) is 12.8 Å². The third-order valence-electron chi connectivity index (χ3n) is 1.82. The summed E-state index contributed by atoms with van der Waals surface area (Å²) in [5.41, 5.74) is 1.31. The van der Waals surface area contributed by atoms with Crippen LogP contribution >= 0.6 is 0 Å². The third kappa shape index (κ3) is 3.75. The minimum atomic E-state index is 0.447. The summed E-state index contributed by atoms with van der Waals surface area (Å²) < 4.78 is 0. The Hall–Kier alpha value is -1.29. The Labute approximate surface area is 80.2 Å². The van der Waals surface area contributed by atoms with Gasteiger partial charge in [-0.2, -0.15) is 0 Å². The highest BCUT2D eigenvalue weighted by molar-refractivity contribution is 5.14. The van der Waals surface area contributed by atoms with Gasteiger partial charge in [0.05, 0.1) is 0 Å². The zero-order chi connectivity index (χ0) is 9.52. The zero-order valence-electron chi connectivity index (χ0n) is 8.25. The molecule has 13 heavy (non-hydrogen) atoms. The minimum Gasteiger partial charge on any atom is -0.265 e. The van der Waals surface area contributed by atoms with Gasteiger partial charge in [-0.1, -0.05) is 19.8 Å². The van der Waals surface area contributed by atoms with Crippen molar-refractivity contribution in [1.82, 2.24) is 4.98 Å². The first-order valence-corrected chi connectivity index (χ1v) is 4.70. The molecule has 0 fully saturated rings. The fourth-order valence-corrected chi connectivity index (χ4v) is 1.20. The van der Waals surface area contributed by atoms with Gasteiger partial charge in [0.1, 0.15) is 0 Å². The summed E-state index contributed by atoms with van der Waals surface area (Å²) in [6, 6.07) is 4.09. The average Bonchev–Trinajstić information content (AvgIpc) is 2.16. The molecule has 1 heterocycles. The Morgan fingerprint density at radius 3 is 2.69 bits per heavy atom. The molecule has 0 aliphatic rings. The molecule has 0 aliphatic carbocycles. The number of nitrogens with zero attached hydrogens (tertiary/aromatic N) is 1. The lowest BCUT2D eigenvalue weighted by molar-refractivity contribution is 0.748. The van der Waals surface area contributed by atoms with Gasteiger partial charge in [0.25, 0.3) is 0 Å². The van der Waals surface area contributed by atoms with Crippen molar-refractivity contribution in [3.8, 4) is 11.8 Å². The van der Waals surface area contributed by atoms with Crippen LogP contribution in [-0.4, -0.2) is 4.98 Å². The Kier molecular flexibility index (Phi) is 4.05. The quantitative estimate of drug-likeness (QED) is 0.626. The van der Waals surface area contributed by atoms with E-state index in [1.165, 1.54) is 5.56 Å². The summed E-state index contributed by atoms with van der Waals surface area (Å²) in [5, 5.41) is 0. The SMILES string of the molecule is CCC#CC(C)Cc1ccncc1. The standard InChI is InChI=1S/C12H15N/c1-3-4-5-11(2)10-12-6-8-13-9-7-12/h6-9,11H,3,10H2,1-2H3. The van der Waals surface area contributed by atoms with Crippen LogP contribution in [0.4, 0.5) is 0 Å². The van der Waals surface area contributed by atoms with Crippen molar-refractivity contribution < 1.29 is 0 Å². The first-order chi connectivity index (χ1) is 6.33. The van der Waals surface area contributed by atoms with Crippen LogP contribution in [0.25, 0.3) is 0 Å². The van der Waals surface area contributed by atoms with Gasteiger partial charge in [-0.3, -0.25) is 4.98 Å². The van der Waals surface area contributed by atoms with Gasteiger partial charge in [-0.05, 0) is 24.1 Å². The molecule has 0 bridgehead atoms. The van der Waals surface area contributed by atoms with Crippen molar-refractivity contribution >= 4 is 0 Å². The molecule has 1 aromatic heterocycles. The monoisotopic (exact) mass is 173 g/mol. The van der Waals surface area contributed by atoms with Crippen molar-refractivity contribution in [1.29, 1.82) is 0 Å². The van der Waals surface area contributed by atoms with E-state index in [9.17, 15) is 0 Å². The molecule has 1 unspecified atom stereocenters. The lowest BCUT2D eigenvalue weighted by Gasteiger charge is -2.02. The average molecular weight is 173 g/mol. The van der Waals surface area contributed by atoms with Crippen molar-refractivity contribution in [3.63, 3.8) is 0 Å². The molecule has 0 saturated carbocycles. The van der Waals surface area contributed by atoms with Crippen molar-refractivity contribution in [3.05, 3.63) is 30.1 Å². The minimum absolute atomic E-state index is 0.447. The number of hydrogen-bond donors (Lipinski definition) is 0. The van der Waals surface area contributed by atoms with Crippen LogP contribution in [0.3, 0.4) is 0 Å². The predicted molar refractivity (Wildman–Crippen MR) is 55.2 cm³/mol. The first-order valence-electron chi connectivity index (χ1n) is 4.70. The van der Waals surface area contributed by atoms with Crippen LogP contribution < -0.4 is 0 Å². The number of hydrogen-bond acceptors (Lipinski definition) is 1. The summed E-state index contributed by atoms with van der Waals surface area (Å²) in [7, 11) is 0. The largest absolute Gasteiger partial charge is 0.265 e. The van der Waals surface area contributed by atoms with Crippen LogP contribution in [-0.2, 0) is 6.42 Å². The summed E-state index contributed by atoms with van der Waals surface area (Å²) in [5.74, 6) is 6.76. The molecule has 1 atom stereocenters. The molecule has 0 amide bonds. The van der Waals surface area contributed by atoms with Gasteiger partial charge < -0.3 is 0 Å². The van der Waals surface area contributed by atoms with Gasteiger partial charge >= 0.3 is 0 Å². The van der Waals surface area contributed by atoms with E-state index < -0.39 is 0 Å². The van der Waals surface area contributed by atoms with Gasteiger partial charge in [-0.25, -0.2) is 0 Å². The molecule has 1 nitrogen and oxygen atoms in total. The molecular formula is C12H15N. The second-order valence-corrected chi connectivity index (χ2v) is 3.14. The van der Waals surface area contributed by atoms with E-state index in [0.29, 0.717) is 5.92 Å². The summed E-state index contributed by atoms with van der Waals surface area (Å²) >= 11 is 0. The molecule has 0 spiro atoms. The molecule has 0 aliphatic heterocycles. The van der Waals surface area contributed by atoms with Gasteiger partial charge in [0, 0.05) is 24.7 Å². The van der Waals surface area contributed by atoms with Gasteiger partial charge in [-0.15, -0.1) is 5.92 Å². The number of rotatable bonds is 2. The zero-order valence-corrected chi connectivity index (χ0v) is 8.25. The molecule has 0 aromatic carbocycles. The lowest BCUT2D eigenvalue weighted by Crippen LogP contribution is -1.96. The van der Waals surface area contributed by atoms with Gasteiger partial charge in [0.15, 0.2) is 0 Å². The highest BCUT2D eigenvalue weighted by Crippen LogP contribution is 2.05. The van der Waals surface area contributed by atoms with Crippen LogP contribution in [0.2, 0.25) is 0 Å². The van der Waals surface area contributed by atoms with Crippen molar-refractivity contribution in [2.24, 2.45) is 5.92 Å². The fraction of sp³-hybridized carbons (Fsp3) is 0.417. The molecule has 0 radical (unpaired) electrons. The highest BCUT2D eigenvalue weighted by Gasteiger charge is 1.98. The normalized spacial score (nSPS) is 11.5. The Morgan fingerprint density at radius 2 is 2.08 bits per heavy atom. The Bertz CT molecular complexity index is 292. The second kappa shape index (κ2) is 5.37. The van der Waals surface area contributed by atoms with E-state index in [2.05, 4.69) is 30.7 Å². The van der Waals surface area contributed by atoms with Crippen LogP contribution in [0.15, 0.2) is 24.5 Å². The van der Waals surface area contributed by atoms with E-state index >= 15 is 0 Å². The van der Waals surface area contributed by atoms with E-state index in [-0.39, 0.29) is 0 Å². The maximum Gasteiger partial charge on any atom is 0.0270 e. The van der Waals surface area contributed by atoms with E-state index in [4.69, 9.17) is 0 Å². The maximum absolute atomic E-state index is 3.98.